The Morgan fingerprint density at radius 3 is 2.56 bits per heavy atom. The molecular weight excluding hydrogens is 326 g/mol. The van der Waals surface area contributed by atoms with Crippen molar-refractivity contribution in [2.75, 3.05) is 45.2 Å². The van der Waals surface area contributed by atoms with Crippen molar-refractivity contribution in [1.82, 2.24) is 9.80 Å². The number of nitrogens with zero attached hydrogens (tertiary/aromatic N) is 2. The van der Waals surface area contributed by atoms with Crippen LogP contribution < -0.4 is 10.1 Å². The highest BCUT2D eigenvalue weighted by Gasteiger charge is 2.26. The van der Waals surface area contributed by atoms with Gasteiger partial charge >= 0.3 is 17.9 Å². The molecule has 1 heterocycles. The molecule has 25 heavy (non-hydrogen) atoms. The highest BCUT2D eigenvalue weighted by molar-refractivity contribution is 6.39. The maximum absolute atomic E-state index is 12.4. The third-order valence-corrected chi connectivity index (χ3v) is 3.81. The lowest BCUT2D eigenvalue weighted by atomic mass is 10.3. The molecule has 1 fully saturated rings. The monoisotopic (exact) mass is 349 g/mol. The van der Waals surface area contributed by atoms with Crippen molar-refractivity contribution < 1.29 is 23.9 Å². The van der Waals surface area contributed by atoms with E-state index in [0.29, 0.717) is 50.6 Å². The second-order valence-electron chi connectivity index (χ2n) is 5.52. The first kappa shape index (κ1) is 18.6. The minimum absolute atomic E-state index is 0.292. The van der Waals surface area contributed by atoms with Gasteiger partial charge < -0.3 is 24.6 Å². The van der Waals surface area contributed by atoms with Gasteiger partial charge in [-0.3, -0.25) is 9.59 Å². The van der Waals surface area contributed by atoms with Gasteiger partial charge in [0.25, 0.3) is 0 Å². The molecule has 1 aromatic rings. The summed E-state index contributed by atoms with van der Waals surface area (Å²) in [5.41, 5.74) is 0.496. The molecule has 1 N–H and O–H groups in total. The van der Waals surface area contributed by atoms with E-state index in [0.717, 1.165) is 0 Å². The quantitative estimate of drug-likeness (QED) is 0.832. The molecule has 1 aliphatic heterocycles. The molecular formula is C17H23N3O5. The molecule has 8 nitrogen and oxygen atoms in total. The Bertz CT molecular complexity index is 634. The fourth-order valence-corrected chi connectivity index (χ4v) is 2.59. The van der Waals surface area contributed by atoms with E-state index in [1.54, 1.807) is 24.3 Å². The zero-order valence-electron chi connectivity index (χ0n) is 14.5. The van der Waals surface area contributed by atoms with Gasteiger partial charge in [-0.25, -0.2) is 4.79 Å². The molecule has 0 radical (unpaired) electrons. The number of hydrogen-bond donors (Lipinski definition) is 1. The minimum Gasteiger partial charge on any atom is -0.494 e. The minimum atomic E-state index is -0.708. The zero-order chi connectivity index (χ0) is 18.2. The second-order valence-corrected chi connectivity index (χ2v) is 5.52. The van der Waals surface area contributed by atoms with Crippen molar-refractivity contribution in [2.45, 2.75) is 13.3 Å². The molecule has 1 aliphatic rings. The Morgan fingerprint density at radius 2 is 1.84 bits per heavy atom. The summed E-state index contributed by atoms with van der Waals surface area (Å²) in [5.74, 6) is -0.704. The zero-order valence-corrected chi connectivity index (χ0v) is 14.5. The summed E-state index contributed by atoms with van der Waals surface area (Å²) in [6.07, 6.45) is 0.167. The van der Waals surface area contributed by atoms with Gasteiger partial charge in [-0.15, -0.1) is 0 Å². The predicted molar refractivity (Wildman–Crippen MR) is 91.4 cm³/mol. The SMILES string of the molecule is CCOc1cccc(NC(=O)C(=O)N2CCCN(C(=O)OC)CC2)c1. The summed E-state index contributed by atoms with van der Waals surface area (Å²) < 4.78 is 10.1. The van der Waals surface area contributed by atoms with Crippen molar-refractivity contribution in [3.05, 3.63) is 24.3 Å². The van der Waals surface area contributed by atoms with Crippen LogP contribution in [0.25, 0.3) is 0 Å². The molecule has 0 saturated carbocycles. The fourth-order valence-electron chi connectivity index (χ4n) is 2.59. The summed E-state index contributed by atoms with van der Waals surface area (Å²) in [7, 11) is 1.32. The van der Waals surface area contributed by atoms with E-state index < -0.39 is 17.9 Å². The van der Waals surface area contributed by atoms with Gasteiger partial charge in [-0.05, 0) is 25.5 Å². The first-order valence-electron chi connectivity index (χ1n) is 8.21. The Balaban J connectivity index is 1.94. The standard InChI is InChI=1S/C17H23N3O5/c1-3-25-14-7-4-6-13(12-14)18-15(21)16(22)19-8-5-9-20(11-10-19)17(23)24-2/h4,6-7,12H,3,5,8-11H2,1-2H3,(H,18,21). The Morgan fingerprint density at radius 1 is 1.12 bits per heavy atom. The van der Waals surface area contributed by atoms with Crippen LogP contribution in [0.3, 0.4) is 0 Å². The number of nitrogens with one attached hydrogen (secondary N) is 1. The number of benzene rings is 1. The van der Waals surface area contributed by atoms with Crippen LogP contribution in [-0.4, -0.2) is 67.6 Å². The number of anilines is 1. The van der Waals surface area contributed by atoms with Crippen LogP contribution in [0.5, 0.6) is 5.75 Å². The number of amides is 3. The molecule has 8 heteroatoms. The molecule has 0 aliphatic carbocycles. The van der Waals surface area contributed by atoms with E-state index >= 15 is 0 Å². The Kier molecular flexibility index (Phi) is 6.62. The van der Waals surface area contributed by atoms with E-state index in [9.17, 15) is 14.4 Å². The van der Waals surface area contributed by atoms with Crippen LogP contribution in [0.15, 0.2) is 24.3 Å². The van der Waals surface area contributed by atoms with Crippen LogP contribution in [0.4, 0.5) is 10.5 Å². The van der Waals surface area contributed by atoms with Crippen LogP contribution in [0.1, 0.15) is 13.3 Å². The number of hydrogen-bond acceptors (Lipinski definition) is 5. The molecule has 0 aromatic heterocycles. The number of methoxy groups -OCH3 is 1. The molecule has 3 amide bonds. The second kappa shape index (κ2) is 8.91. The molecule has 0 bridgehead atoms. The summed E-state index contributed by atoms with van der Waals surface area (Å²) in [6.45, 7) is 3.92. The normalized spacial score (nSPS) is 14.5. The van der Waals surface area contributed by atoms with E-state index in [4.69, 9.17) is 9.47 Å². The van der Waals surface area contributed by atoms with Gasteiger partial charge in [0.15, 0.2) is 0 Å². The number of carbonyl (C=O) groups is 3. The van der Waals surface area contributed by atoms with E-state index in [1.165, 1.54) is 16.9 Å². The van der Waals surface area contributed by atoms with Gasteiger partial charge in [0.05, 0.1) is 13.7 Å². The lowest BCUT2D eigenvalue weighted by Crippen LogP contribution is -2.42. The van der Waals surface area contributed by atoms with Crippen molar-refractivity contribution in [3.8, 4) is 5.75 Å². The first-order valence-corrected chi connectivity index (χ1v) is 8.21. The van der Waals surface area contributed by atoms with E-state index in [1.807, 2.05) is 6.92 Å². The number of rotatable bonds is 3. The van der Waals surface area contributed by atoms with Crippen LogP contribution >= 0.6 is 0 Å². The molecule has 0 unspecified atom stereocenters. The maximum atomic E-state index is 12.4. The van der Waals surface area contributed by atoms with Crippen molar-refractivity contribution in [1.29, 1.82) is 0 Å². The molecule has 0 atom stereocenters. The first-order chi connectivity index (χ1) is 12.0. The predicted octanol–water partition coefficient (Wildman–Crippen LogP) is 1.32. The fraction of sp³-hybridized carbons (Fsp3) is 0.471. The molecule has 0 spiro atoms. The van der Waals surface area contributed by atoms with Crippen LogP contribution in [0.2, 0.25) is 0 Å². The van der Waals surface area contributed by atoms with Gasteiger partial charge in [0.1, 0.15) is 5.75 Å². The smallest absolute Gasteiger partial charge is 0.409 e. The summed E-state index contributed by atoms with van der Waals surface area (Å²) in [5, 5.41) is 2.59. The van der Waals surface area contributed by atoms with Crippen molar-refractivity contribution >= 4 is 23.6 Å². The Labute approximate surface area is 146 Å². The molecule has 1 saturated heterocycles. The number of ether oxygens (including phenoxy) is 2. The summed E-state index contributed by atoms with van der Waals surface area (Å²) in [6, 6.07) is 6.87. The van der Waals surface area contributed by atoms with E-state index in [2.05, 4.69) is 5.32 Å². The average Bonchev–Trinajstić information content (AvgIpc) is 2.87. The third-order valence-electron chi connectivity index (χ3n) is 3.81. The van der Waals surface area contributed by atoms with Gasteiger partial charge in [-0.1, -0.05) is 6.07 Å². The third kappa shape index (κ3) is 5.10. The summed E-state index contributed by atoms with van der Waals surface area (Å²) >= 11 is 0. The van der Waals surface area contributed by atoms with Gasteiger partial charge in [0.2, 0.25) is 0 Å². The lowest BCUT2D eigenvalue weighted by Gasteiger charge is -2.21. The van der Waals surface area contributed by atoms with Crippen molar-refractivity contribution in [3.63, 3.8) is 0 Å². The molecule has 136 valence electrons. The van der Waals surface area contributed by atoms with Crippen molar-refractivity contribution in [2.24, 2.45) is 0 Å². The van der Waals surface area contributed by atoms with E-state index in [-0.39, 0.29) is 0 Å². The summed E-state index contributed by atoms with van der Waals surface area (Å²) in [4.78, 5) is 39.1. The Hall–Kier alpha value is -2.77. The number of carbonyl (C=O) groups excluding carboxylic acids is 3. The molecule has 2 rings (SSSR count). The van der Waals surface area contributed by atoms with Crippen LogP contribution in [-0.2, 0) is 14.3 Å². The topological polar surface area (TPSA) is 88.2 Å². The van der Waals surface area contributed by atoms with Crippen LogP contribution in [0, 0.1) is 0 Å². The average molecular weight is 349 g/mol. The van der Waals surface area contributed by atoms with Gasteiger partial charge in [-0.2, -0.15) is 0 Å². The molecule has 1 aromatic carbocycles. The highest BCUT2D eigenvalue weighted by atomic mass is 16.5. The largest absolute Gasteiger partial charge is 0.494 e. The lowest BCUT2D eigenvalue weighted by molar-refractivity contribution is -0.143. The maximum Gasteiger partial charge on any atom is 0.409 e. The highest BCUT2D eigenvalue weighted by Crippen LogP contribution is 2.17. The van der Waals surface area contributed by atoms with Gasteiger partial charge in [0, 0.05) is 37.9 Å².